The van der Waals surface area contributed by atoms with E-state index in [4.69, 9.17) is 9.26 Å². The number of hydrogen-bond donors (Lipinski definition) is 1. The van der Waals surface area contributed by atoms with Crippen LogP contribution in [0.1, 0.15) is 64.1 Å². The SMILES string of the molecule is COC1(c2noc(CCCNC(C)C)n2)CCCCC1. The molecule has 1 aromatic rings. The van der Waals surface area contributed by atoms with Gasteiger partial charge in [0.2, 0.25) is 11.7 Å². The Morgan fingerprint density at radius 2 is 2.05 bits per heavy atom. The van der Waals surface area contributed by atoms with Crippen LogP contribution < -0.4 is 5.32 Å². The standard InChI is InChI=1S/C15H27N3O2/c1-12(2)16-11-7-8-13-17-14(18-20-13)15(19-3)9-5-4-6-10-15/h12,16H,4-11H2,1-3H3. The maximum atomic E-state index is 5.74. The second kappa shape index (κ2) is 7.18. The molecule has 5 nitrogen and oxygen atoms in total. The fourth-order valence-corrected chi connectivity index (χ4v) is 2.81. The molecule has 1 fully saturated rings. The second-order valence-electron chi connectivity index (χ2n) is 5.98. The number of aryl methyl sites for hydroxylation is 1. The van der Waals surface area contributed by atoms with Gasteiger partial charge in [0.25, 0.3) is 0 Å². The van der Waals surface area contributed by atoms with Gasteiger partial charge in [-0.15, -0.1) is 0 Å². The predicted octanol–water partition coefficient (Wildman–Crippen LogP) is 2.81. The van der Waals surface area contributed by atoms with Gasteiger partial charge in [0.1, 0.15) is 5.60 Å². The molecule has 0 spiro atoms. The van der Waals surface area contributed by atoms with Crippen molar-refractivity contribution < 1.29 is 9.26 Å². The number of hydrogen-bond acceptors (Lipinski definition) is 5. The van der Waals surface area contributed by atoms with E-state index in [9.17, 15) is 0 Å². The number of nitrogens with one attached hydrogen (secondary N) is 1. The van der Waals surface area contributed by atoms with Gasteiger partial charge in [0, 0.05) is 19.6 Å². The van der Waals surface area contributed by atoms with E-state index in [1.807, 2.05) is 0 Å². The van der Waals surface area contributed by atoms with Crippen LogP contribution in [0.3, 0.4) is 0 Å². The molecule has 0 bridgehead atoms. The highest BCUT2D eigenvalue weighted by molar-refractivity contribution is 5.03. The minimum Gasteiger partial charge on any atom is -0.370 e. The highest BCUT2D eigenvalue weighted by Crippen LogP contribution is 2.38. The van der Waals surface area contributed by atoms with E-state index in [0.29, 0.717) is 6.04 Å². The van der Waals surface area contributed by atoms with Crippen molar-refractivity contribution in [3.63, 3.8) is 0 Å². The molecule has 2 rings (SSSR count). The van der Waals surface area contributed by atoms with Crippen LogP contribution in [0, 0.1) is 0 Å². The summed E-state index contributed by atoms with van der Waals surface area (Å²) >= 11 is 0. The zero-order chi connectivity index (χ0) is 14.4. The van der Waals surface area contributed by atoms with E-state index < -0.39 is 0 Å². The molecule has 0 atom stereocenters. The molecule has 1 aliphatic carbocycles. The minimum absolute atomic E-state index is 0.309. The number of methoxy groups -OCH3 is 1. The van der Waals surface area contributed by atoms with E-state index in [1.54, 1.807) is 7.11 Å². The van der Waals surface area contributed by atoms with Gasteiger partial charge in [0.15, 0.2) is 0 Å². The lowest BCUT2D eigenvalue weighted by Gasteiger charge is -2.32. The molecule has 5 heteroatoms. The zero-order valence-electron chi connectivity index (χ0n) is 12.9. The maximum Gasteiger partial charge on any atom is 0.226 e. The van der Waals surface area contributed by atoms with Crippen LogP contribution in [0.4, 0.5) is 0 Å². The summed E-state index contributed by atoms with van der Waals surface area (Å²) in [5.41, 5.74) is -0.309. The van der Waals surface area contributed by atoms with Crippen LogP contribution in [0.5, 0.6) is 0 Å². The van der Waals surface area contributed by atoms with Crippen molar-refractivity contribution in [3.8, 4) is 0 Å². The average molecular weight is 281 g/mol. The summed E-state index contributed by atoms with van der Waals surface area (Å²) in [6.07, 6.45) is 7.46. The summed E-state index contributed by atoms with van der Waals surface area (Å²) in [5, 5.41) is 7.56. The van der Waals surface area contributed by atoms with Crippen molar-refractivity contribution in [2.75, 3.05) is 13.7 Å². The van der Waals surface area contributed by atoms with Crippen molar-refractivity contribution >= 4 is 0 Å². The topological polar surface area (TPSA) is 60.2 Å². The summed E-state index contributed by atoms with van der Waals surface area (Å²) in [4.78, 5) is 4.56. The molecule has 0 amide bonds. The van der Waals surface area contributed by atoms with E-state index in [1.165, 1.54) is 19.3 Å². The lowest BCUT2D eigenvalue weighted by atomic mass is 9.84. The molecule has 0 aliphatic heterocycles. The van der Waals surface area contributed by atoms with E-state index >= 15 is 0 Å². The molecule has 20 heavy (non-hydrogen) atoms. The van der Waals surface area contributed by atoms with E-state index in [2.05, 4.69) is 29.3 Å². The summed E-state index contributed by atoms with van der Waals surface area (Å²) in [6.45, 7) is 5.28. The molecule has 1 N–H and O–H groups in total. The van der Waals surface area contributed by atoms with Crippen molar-refractivity contribution in [1.29, 1.82) is 0 Å². The first kappa shape index (κ1) is 15.4. The third-order valence-electron chi connectivity index (χ3n) is 4.05. The Morgan fingerprint density at radius 1 is 1.30 bits per heavy atom. The first-order chi connectivity index (χ1) is 9.66. The van der Waals surface area contributed by atoms with Gasteiger partial charge in [-0.2, -0.15) is 4.98 Å². The first-order valence-electron chi connectivity index (χ1n) is 7.78. The molecular formula is C15H27N3O2. The largest absolute Gasteiger partial charge is 0.370 e. The van der Waals surface area contributed by atoms with Crippen LogP contribution in [-0.4, -0.2) is 29.8 Å². The number of rotatable bonds is 7. The van der Waals surface area contributed by atoms with Gasteiger partial charge in [-0.05, 0) is 25.8 Å². The first-order valence-corrected chi connectivity index (χ1v) is 7.78. The van der Waals surface area contributed by atoms with Gasteiger partial charge >= 0.3 is 0 Å². The van der Waals surface area contributed by atoms with Gasteiger partial charge in [-0.3, -0.25) is 0 Å². The summed E-state index contributed by atoms with van der Waals surface area (Å²) in [6, 6.07) is 0.521. The highest BCUT2D eigenvalue weighted by atomic mass is 16.5. The molecule has 1 heterocycles. The third-order valence-corrected chi connectivity index (χ3v) is 4.05. The Labute approximate surface area is 121 Å². The van der Waals surface area contributed by atoms with Crippen molar-refractivity contribution in [2.45, 2.75) is 70.4 Å². The Kier molecular flexibility index (Phi) is 5.54. The zero-order valence-corrected chi connectivity index (χ0v) is 12.9. The highest BCUT2D eigenvalue weighted by Gasteiger charge is 2.38. The monoisotopic (exact) mass is 281 g/mol. The Morgan fingerprint density at radius 3 is 2.70 bits per heavy atom. The molecule has 0 aromatic carbocycles. The Hall–Kier alpha value is -0.940. The average Bonchev–Trinajstić information content (AvgIpc) is 2.93. The van der Waals surface area contributed by atoms with Gasteiger partial charge < -0.3 is 14.6 Å². The molecular weight excluding hydrogens is 254 g/mol. The van der Waals surface area contributed by atoms with Crippen LogP contribution in [0.25, 0.3) is 0 Å². The maximum absolute atomic E-state index is 5.74. The van der Waals surface area contributed by atoms with Crippen molar-refractivity contribution in [3.05, 3.63) is 11.7 Å². The smallest absolute Gasteiger partial charge is 0.226 e. The normalized spacial score (nSPS) is 18.6. The van der Waals surface area contributed by atoms with Gasteiger partial charge in [-0.1, -0.05) is 38.3 Å². The third kappa shape index (κ3) is 3.79. The van der Waals surface area contributed by atoms with E-state index in [0.717, 1.165) is 43.9 Å². The molecule has 1 saturated carbocycles. The second-order valence-corrected chi connectivity index (χ2v) is 5.98. The Balaban J connectivity index is 1.90. The van der Waals surface area contributed by atoms with Gasteiger partial charge in [0.05, 0.1) is 0 Å². The minimum atomic E-state index is -0.309. The number of ether oxygens (including phenoxy) is 1. The van der Waals surface area contributed by atoms with Crippen LogP contribution in [0.2, 0.25) is 0 Å². The summed E-state index contributed by atoms with van der Waals surface area (Å²) < 4.78 is 11.1. The fraction of sp³-hybridized carbons (Fsp3) is 0.867. The molecule has 0 radical (unpaired) electrons. The van der Waals surface area contributed by atoms with E-state index in [-0.39, 0.29) is 5.60 Å². The van der Waals surface area contributed by atoms with Crippen LogP contribution in [0.15, 0.2) is 4.52 Å². The molecule has 1 aliphatic rings. The predicted molar refractivity (Wildman–Crippen MR) is 77.5 cm³/mol. The van der Waals surface area contributed by atoms with Crippen molar-refractivity contribution in [2.24, 2.45) is 0 Å². The molecule has 1 aromatic heterocycles. The van der Waals surface area contributed by atoms with Crippen LogP contribution >= 0.6 is 0 Å². The molecule has 114 valence electrons. The molecule has 0 saturated heterocycles. The van der Waals surface area contributed by atoms with Crippen LogP contribution in [-0.2, 0) is 16.8 Å². The van der Waals surface area contributed by atoms with Gasteiger partial charge in [-0.25, -0.2) is 0 Å². The summed E-state index contributed by atoms with van der Waals surface area (Å²) in [7, 11) is 1.76. The van der Waals surface area contributed by atoms with Crippen molar-refractivity contribution in [1.82, 2.24) is 15.5 Å². The lowest BCUT2D eigenvalue weighted by Crippen LogP contribution is -2.32. The molecule has 0 unspecified atom stereocenters. The number of nitrogens with zero attached hydrogens (tertiary/aromatic N) is 2. The number of aromatic nitrogens is 2. The quantitative estimate of drug-likeness (QED) is 0.779. The Bertz CT molecular complexity index is 398. The summed E-state index contributed by atoms with van der Waals surface area (Å²) in [5.74, 6) is 1.47. The fourth-order valence-electron chi connectivity index (χ4n) is 2.81. The lowest BCUT2D eigenvalue weighted by molar-refractivity contribution is -0.0527.